The molecule has 2 rings (SSSR count). The normalized spacial score (nSPS) is 25.7. The molecular formula is C15H20O3. The van der Waals surface area contributed by atoms with Gasteiger partial charge in [-0.15, -0.1) is 0 Å². The molecule has 3 heteroatoms. The van der Waals surface area contributed by atoms with Crippen LogP contribution in [0.15, 0.2) is 24.3 Å². The molecule has 0 saturated carbocycles. The summed E-state index contributed by atoms with van der Waals surface area (Å²) in [6.45, 7) is 9.36. The number of ether oxygens (including phenoxy) is 3. The summed E-state index contributed by atoms with van der Waals surface area (Å²) in [6.07, 6.45) is 0.595. The first-order valence-electron chi connectivity index (χ1n) is 6.38. The predicted molar refractivity (Wildman–Crippen MR) is 69.2 cm³/mol. The highest BCUT2D eigenvalue weighted by Gasteiger charge is 2.28. The van der Waals surface area contributed by atoms with E-state index in [0.29, 0.717) is 13.2 Å². The van der Waals surface area contributed by atoms with E-state index in [1.165, 1.54) is 0 Å². The van der Waals surface area contributed by atoms with Crippen LogP contribution in [0.1, 0.15) is 25.2 Å². The molecule has 1 aromatic carbocycles. The lowest BCUT2D eigenvalue weighted by molar-refractivity contribution is -0.211. The third-order valence-electron chi connectivity index (χ3n) is 3.39. The summed E-state index contributed by atoms with van der Waals surface area (Å²) in [4.78, 5) is 0. The van der Waals surface area contributed by atoms with E-state index >= 15 is 0 Å². The highest BCUT2D eigenvalue weighted by atomic mass is 16.7. The molecule has 1 saturated heterocycles. The molecule has 0 aromatic heterocycles. The molecule has 3 nitrogen and oxygen atoms in total. The van der Waals surface area contributed by atoms with Gasteiger partial charge >= 0.3 is 0 Å². The largest absolute Gasteiger partial charge is 0.496 e. The molecule has 1 aliphatic rings. The van der Waals surface area contributed by atoms with Crippen molar-refractivity contribution >= 4 is 0 Å². The summed E-state index contributed by atoms with van der Waals surface area (Å²) in [5.41, 5.74) is 0.934. The molecule has 1 unspecified atom stereocenters. The van der Waals surface area contributed by atoms with E-state index < -0.39 is 0 Å². The first-order valence-corrected chi connectivity index (χ1v) is 6.38. The number of hydrogen-bond donors (Lipinski definition) is 0. The van der Waals surface area contributed by atoms with Crippen LogP contribution in [0.4, 0.5) is 0 Å². The molecule has 1 aromatic rings. The topological polar surface area (TPSA) is 27.7 Å². The van der Waals surface area contributed by atoms with E-state index in [1.807, 2.05) is 24.3 Å². The number of rotatable bonds is 4. The van der Waals surface area contributed by atoms with Crippen LogP contribution < -0.4 is 4.74 Å². The van der Waals surface area contributed by atoms with E-state index in [0.717, 1.165) is 17.7 Å². The van der Waals surface area contributed by atoms with Crippen LogP contribution in [0, 0.1) is 18.8 Å². The molecule has 0 spiro atoms. The van der Waals surface area contributed by atoms with Crippen molar-refractivity contribution in [1.82, 2.24) is 0 Å². The molecule has 0 aliphatic carbocycles. The standard InChI is InChI=1S/C15H20O3/c1-4-11(2)12-9-17-15(18-10-12)13-7-5-6-8-14(13)16-3/h2,5-8,11-12,15H,4,9-10H2,1,3H3. The minimum Gasteiger partial charge on any atom is -0.496 e. The second-order valence-corrected chi connectivity index (χ2v) is 4.57. The maximum atomic E-state index is 6.00. The van der Waals surface area contributed by atoms with Crippen molar-refractivity contribution in [3.63, 3.8) is 0 Å². The highest BCUT2D eigenvalue weighted by Crippen LogP contribution is 2.33. The summed E-state index contributed by atoms with van der Waals surface area (Å²) in [5, 5.41) is 0. The van der Waals surface area contributed by atoms with Gasteiger partial charge in [-0.1, -0.05) is 31.5 Å². The Morgan fingerprint density at radius 2 is 2.00 bits per heavy atom. The van der Waals surface area contributed by atoms with Gasteiger partial charge in [0.15, 0.2) is 6.29 Å². The minimum absolute atomic E-state index is 0.142. The van der Waals surface area contributed by atoms with Crippen LogP contribution in [0.25, 0.3) is 0 Å². The van der Waals surface area contributed by atoms with Crippen molar-refractivity contribution in [2.24, 2.45) is 11.8 Å². The van der Waals surface area contributed by atoms with E-state index in [-0.39, 0.29) is 18.1 Å². The molecule has 0 bridgehead atoms. The highest BCUT2D eigenvalue weighted by molar-refractivity contribution is 5.34. The van der Waals surface area contributed by atoms with Gasteiger partial charge in [-0.2, -0.15) is 0 Å². The first kappa shape index (κ1) is 13.4. The van der Waals surface area contributed by atoms with Crippen molar-refractivity contribution < 1.29 is 14.2 Å². The van der Waals surface area contributed by atoms with E-state index in [4.69, 9.17) is 21.1 Å². The zero-order chi connectivity index (χ0) is 13.0. The summed E-state index contributed by atoms with van der Waals surface area (Å²) in [5.74, 6) is 1.21. The lowest BCUT2D eigenvalue weighted by Gasteiger charge is -2.32. The van der Waals surface area contributed by atoms with Crippen LogP contribution in [-0.2, 0) is 9.47 Å². The molecule has 1 atom stereocenters. The van der Waals surface area contributed by atoms with Crippen LogP contribution in [0.2, 0.25) is 0 Å². The predicted octanol–water partition coefficient (Wildman–Crippen LogP) is 3.09. The van der Waals surface area contributed by atoms with Gasteiger partial charge in [0.25, 0.3) is 0 Å². The average molecular weight is 248 g/mol. The van der Waals surface area contributed by atoms with Gasteiger partial charge in [-0.3, -0.25) is 0 Å². The number of methoxy groups -OCH3 is 1. The molecule has 0 amide bonds. The Kier molecular flexibility index (Phi) is 4.61. The van der Waals surface area contributed by atoms with Gasteiger partial charge in [0.1, 0.15) is 5.75 Å². The number of hydrogen-bond acceptors (Lipinski definition) is 3. The van der Waals surface area contributed by atoms with Gasteiger partial charge < -0.3 is 14.2 Å². The van der Waals surface area contributed by atoms with Crippen molar-refractivity contribution in [3.05, 3.63) is 36.8 Å². The van der Waals surface area contributed by atoms with Gasteiger partial charge in [0, 0.05) is 11.5 Å². The Labute approximate surface area is 109 Å². The van der Waals surface area contributed by atoms with Crippen LogP contribution in [0.5, 0.6) is 5.75 Å². The van der Waals surface area contributed by atoms with Crippen molar-refractivity contribution in [2.45, 2.75) is 19.6 Å². The van der Waals surface area contributed by atoms with Crippen LogP contribution >= 0.6 is 0 Å². The Hall–Kier alpha value is -1.06. The van der Waals surface area contributed by atoms with Gasteiger partial charge in [-0.05, 0) is 18.9 Å². The second-order valence-electron chi connectivity index (χ2n) is 4.57. The molecule has 0 N–H and O–H groups in total. The molecule has 1 heterocycles. The van der Waals surface area contributed by atoms with Gasteiger partial charge in [0.2, 0.25) is 0 Å². The average Bonchev–Trinajstić information content (AvgIpc) is 2.46. The monoisotopic (exact) mass is 248 g/mol. The van der Waals surface area contributed by atoms with Gasteiger partial charge in [0.05, 0.1) is 20.3 Å². The molecule has 18 heavy (non-hydrogen) atoms. The summed E-state index contributed by atoms with van der Waals surface area (Å²) in [6, 6.07) is 7.75. The van der Waals surface area contributed by atoms with E-state index in [9.17, 15) is 0 Å². The van der Waals surface area contributed by atoms with Crippen molar-refractivity contribution in [3.8, 4) is 5.75 Å². The summed E-state index contributed by atoms with van der Waals surface area (Å²) in [7, 11) is 1.65. The molecule has 2 radical (unpaired) electrons. The maximum Gasteiger partial charge on any atom is 0.187 e. The molecular weight excluding hydrogens is 228 g/mol. The maximum absolute atomic E-state index is 6.00. The minimum atomic E-state index is -0.346. The SMILES string of the molecule is [CH]C(CC)C1COC(c2ccccc2OC)OC1. The Morgan fingerprint density at radius 1 is 1.33 bits per heavy atom. The Morgan fingerprint density at radius 3 is 2.61 bits per heavy atom. The third kappa shape index (κ3) is 2.85. The van der Waals surface area contributed by atoms with Gasteiger partial charge in [-0.25, -0.2) is 0 Å². The number of para-hydroxylation sites is 1. The second kappa shape index (κ2) is 6.21. The zero-order valence-corrected chi connectivity index (χ0v) is 11.0. The number of benzene rings is 1. The van der Waals surface area contributed by atoms with E-state index in [1.54, 1.807) is 7.11 Å². The Bertz CT molecular complexity index is 370. The fourth-order valence-corrected chi connectivity index (χ4v) is 2.14. The lowest BCUT2D eigenvalue weighted by Crippen LogP contribution is -2.31. The van der Waals surface area contributed by atoms with Crippen molar-refractivity contribution in [1.29, 1.82) is 0 Å². The Balaban J connectivity index is 2.01. The van der Waals surface area contributed by atoms with Crippen LogP contribution in [-0.4, -0.2) is 20.3 Å². The first-order chi connectivity index (χ1) is 8.76. The summed E-state index contributed by atoms with van der Waals surface area (Å²) >= 11 is 0. The molecule has 1 aliphatic heterocycles. The smallest absolute Gasteiger partial charge is 0.187 e. The van der Waals surface area contributed by atoms with E-state index in [2.05, 4.69) is 6.92 Å². The third-order valence-corrected chi connectivity index (χ3v) is 3.39. The van der Waals surface area contributed by atoms with Crippen LogP contribution in [0.3, 0.4) is 0 Å². The fraction of sp³-hybridized carbons (Fsp3) is 0.533. The molecule has 98 valence electrons. The molecule has 1 fully saturated rings. The fourth-order valence-electron chi connectivity index (χ4n) is 2.14. The zero-order valence-electron chi connectivity index (χ0n) is 11.0. The van der Waals surface area contributed by atoms with Crippen molar-refractivity contribution in [2.75, 3.05) is 20.3 Å². The summed E-state index contributed by atoms with van der Waals surface area (Å²) < 4.78 is 16.8. The lowest BCUT2D eigenvalue weighted by atomic mass is 9.93. The quantitative estimate of drug-likeness (QED) is 0.819.